The minimum atomic E-state index is -0.919. The Morgan fingerprint density at radius 2 is 2.46 bits per heavy atom. The fourth-order valence-corrected chi connectivity index (χ4v) is 0.772. The summed E-state index contributed by atoms with van der Waals surface area (Å²) in [6, 6.07) is 3.36. The van der Waals surface area contributed by atoms with Gasteiger partial charge in [0, 0.05) is 0 Å². The molecule has 0 saturated heterocycles. The van der Waals surface area contributed by atoms with Crippen molar-refractivity contribution in [2.75, 3.05) is 19.0 Å². The summed E-state index contributed by atoms with van der Waals surface area (Å²) in [5, 5.41) is 11.0. The number of anilines is 1. The van der Waals surface area contributed by atoms with Gasteiger partial charge in [0.1, 0.15) is 18.1 Å². The van der Waals surface area contributed by atoms with Gasteiger partial charge >= 0.3 is 5.97 Å². The van der Waals surface area contributed by atoms with E-state index in [9.17, 15) is 4.79 Å². The van der Waals surface area contributed by atoms with Crippen molar-refractivity contribution in [3.63, 3.8) is 0 Å². The second kappa shape index (κ2) is 4.30. The minimum absolute atomic E-state index is 0.140. The predicted octanol–water partition coefficient (Wildman–Crippen LogP) is 0.587. The lowest BCUT2D eigenvalue weighted by molar-refractivity contribution is -0.134. The summed E-state index contributed by atoms with van der Waals surface area (Å²) in [4.78, 5) is 14.1. The number of aromatic nitrogens is 1. The molecule has 0 amide bonds. The molecule has 0 aliphatic carbocycles. The monoisotopic (exact) mass is 182 g/mol. The standard InChI is InChI=1S/C8H10N2O3/c1-13-6-2-3-7(9-4-6)10-5-8(11)12/h2-4H,5H2,1H3,(H,9,10)(H,11,12). The molecule has 1 aromatic rings. The van der Waals surface area contributed by atoms with E-state index >= 15 is 0 Å². The topological polar surface area (TPSA) is 71.5 Å². The molecule has 0 saturated carbocycles. The molecular weight excluding hydrogens is 172 g/mol. The average molecular weight is 182 g/mol. The van der Waals surface area contributed by atoms with Crippen molar-refractivity contribution in [2.45, 2.75) is 0 Å². The number of nitrogens with zero attached hydrogens (tertiary/aromatic N) is 1. The zero-order chi connectivity index (χ0) is 9.68. The fraction of sp³-hybridized carbons (Fsp3) is 0.250. The van der Waals surface area contributed by atoms with Crippen molar-refractivity contribution in [1.29, 1.82) is 0 Å². The number of carboxylic acid groups (broad SMARTS) is 1. The number of hydrogen-bond donors (Lipinski definition) is 2. The van der Waals surface area contributed by atoms with Crippen LogP contribution >= 0.6 is 0 Å². The number of ether oxygens (including phenoxy) is 1. The second-order valence-electron chi connectivity index (χ2n) is 2.33. The van der Waals surface area contributed by atoms with E-state index in [2.05, 4.69) is 10.3 Å². The lowest BCUT2D eigenvalue weighted by Gasteiger charge is -2.02. The lowest BCUT2D eigenvalue weighted by Crippen LogP contribution is -2.12. The van der Waals surface area contributed by atoms with Crippen LogP contribution in [-0.2, 0) is 4.79 Å². The van der Waals surface area contributed by atoms with E-state index in [1.165, 1.54) is 6.20 Å². The molecule has 13 heavy (non-hydrogen) atoms. The molecule has 5 nitrogen and oxygen atoms in total. The van der Waals surface area contributed by atoms with E-state index in [1.807, 2.05) is 0 Å². The van der Waals surface area contributed by atoms with Crippen molar-refractivity contribution < 1.29 is 14.6 Å². The van der Waals surface area contributed by atoms with Gasteiger partial charge in [-0.05, 0) is 12.1 Å². The number of pyridine rings is 1. The summed E-state index contributed by atoms with van der Waals surface area (Å²) in [5.74, 6) is 0.238. The van der Waals surface area contributed by atoms with Gasteiger partial charge in [0.05, 0.1) is 13.3 Å². The Bertz CT molecular complexity index is 284. The Balaban J connectivity index is 2.54. The third-order valence-corrected chi connectivity index (χ3v) is 1.39. The number of nitrogens with one attached hydrogen (secondary N) is 1. The largest absolute Gasteiger partial charge is 0.495 e. The van der Waals surface area contributed by atoms with Crippen molar-refractivity contribution in [2.24, 2.45) is 0 Å². The zero-order valence-corrected chi connectivity index (χ0v) is 7.15. The van der Waals surface area contributed by atoms with E-state index in [4.69, 9.17) is 9.84 Å². The van der Waals surface area contributed by atoms with Crippen LogP contribution in [0.5, 0.6) is 5.75 Å². The van der Waals surface area contributed by atoms with Crippen molar-refractivity contribution in [3.8, 4) is 5.75 Å². The van der Waals surface area contributed by atoms with Crippen LogP contribution < -0.4 is 10.1 Å². The Morgan fingerprint density at radius 1 is 1.69 bits per heavy atom. The lowest BCUT2D eigenvalue weighted by atomic mass is 10.4. The first-order valence-electron chi connectivity index (χ1n) is 3.68. The van der Waals surface area contributed by atoms with Crippen LogP contribution in [0.3, 0.4) is 0 Å². The molecule has 5 heteroatoms. The summed E-state index contributed by atoms with van der Waals surface area (Å²) >= 11 is 0. The minimum Gasteiger partial charge on any atom is -0.495 e. The van der Waals surface area contributed by atoms with Gasteiger partial charge in [0.2, 0.25) is 0 Å². The number of carboxylic acids is 1. The normalized spacial score (nSPS) is 9.31. The summed E-state index contributed by atoms with van der Waals surface area (Å²) in [6.45, 7) is -0.140. The maximum Gasteiger partial charge on any atom is 0.322 e. The van der Waals surface area contributed by atoms with E-state index in [-0.39, 0.29) is 6.54 Å². The second-order valence-corrected chi connectivity index (χ2v) is 2.33. The number of carbonyl (C=O) groups is 1. The van der Waals surface area contributed by atoms with Crippen LogP contribution in [-0.4, -0.2) is 29.7 Å². The summed E-state index contributed by atoms with van der Waals surface area (Å²) in [6.07, 6.45) is 1.52. The molecule has 0 aliphatic heterocycles. The quantitative estimate of drug-likeness (QED) is 0.712. The number of methoxy groups -OCH3 is 1. The van der Waals surface area contributed by atoms with Gasteiger partial charge in [-0.15, -0.1) is 0 Å². The van der Waals surface area contributed by atoms with Crippen molar-refractivity contribution in [1.82, 2.24) is 4.98 Å². The maximum absolute atomic E-state index is 10.2. The molecule has 1 heterocycles. The SMILES string of the molecule is COc1ccc(NCC(=O)O)nc1. The molecule has 0 radical (unpaired) electrons. The van der Waals surface area contributed by atoms with Gasteiger partial charge in [0.25, 0.3) is 0 Å². The fourth-order valence-electron chi connectivity index (χ4n) is 0.772. The summed E-state index contributed by atoms with van der Waals surface area (Å²) in [7, 11) is 1.54. The van der Waals surface area contributed by atoms with Gasteiger partial charge in [-0.25, -0.2) is 4.98 Å². The number of hydrogen-bond acceptors (Lipinski definition) is 4. The average Bonchev–Trinajstić information content (AvgIpc) is 2.15. The Kier molecular flexibility index (Phi) is 3.08. The predicted molar refractivity (Wildman–Crippen MR) is 46.9 cm³/mol. The van der Waals surface area contributed by atoms with E-state index in [1.54, 1.807) is 19.2 Å². The van der Waals surface area contributed by atoms with Crippen molar-refractivity contribution in [3.05, 3.63) is 18.3 Å². The first-order valence-corrected chi connectivity index (χ1v) is 3.68. The Morgan fingerprint density at radius 3 is 2.92 bits per heavy atom. The molecule has 0 unspecified atom stereocenters. The third kappa shape index (κ3) is 2.98. The van der Waals surface area contributed by atoms with Crippen molar-refractivity contribution >= 4 is 11.8 Å². The van der Waals surface area contributed by atoms with Crippen LogP contribution in [0.25, 0.3) is 0 Å². The number of rotatable bonds is 4. The van der Waals surface area contributed by atoms with E-state index < -0.39 is 5.97 Å². The first-order chi connectivity index (χ1) is 6.22. The molecular formula is C8H10N2O3. The highest BCUT2D eigenvalue weighted by Gasteiger charge is 1.97. The molecule has 2 N–H and O–H groups in total. The zero-order valence-electron chi connectivity index (χ0n) is 7.15. The molecule has 0 spiro atoms. The highest BCUT2D eigenvalue weighted by molar-refractivity contribution is 5.72. The van der Waals surface area contributed by atoms with Gasteiger partial charge in [-0.1, -0.05) is 0 Å². The molecule has 0 bridgehead atoms. The smallest absolute Gasteiger partial charge is 0.322 e. The Hall–Kier alpha value is -1.78. The van der Waals surface area contributed by atoms with Crippen LogP contribution in [0.15, 0.2) is 18.3 Å². The van der Waals surface area contributed by atoms with Crippen LogP contribution in [0, 0.1) is 0 Å². The highest BCUT2D eigenvalue weighted by atomic mass is 16.5. The van der Waals surface area contributed by atoms with Gasteiger partial charge < -0.3 is 15.2 Å². The molecule has 0 aliphatic rings. The van der Waals surface area contributed by atoms with E-state index in [0.29, 0.717) is 11.6 Å². The molecule has 0 fully saturated rings. The Labute approximate surface area is 75.4 Å². The van der Waals surface area contributed by atoms with Gasteiger partial charge in [0.15, 0.2) is 0 Å². The molecule has 1 rings (SSSR count). The first kappa shape index (κ1) is 9.31. The summed E-state index contributed by atoms with van der Waals surface area (Å²) in [5.41, 5.74) is 0. The maximum atomic E-state index is 10.2. The molecule has 1 aromatic heterocycles. The highest BCUT2D eigenvalue weighted by Crippen LogP contribution is 2.10. The van der Waals surface area contributed by atoms with E-state index in [0.717, 1.165) is 0 Å². The molecule has 0 atom stereocenters. The van der Waals surface area contributed by atoms with Gasteiger partial charge in [-0.3, -0.25) is 4.79 Å². The molecule has 70 valence electrons. The third-order valence-electron chi connectivity index (χ3n) is 1.39. The van der Waals surface area contributed by atoms with Crippen LogP contribution in [0.4, 0.5) is 5.82 Å². The van der Waals surface area contributed by atoms with Gasteiger partial charge in [-0.2, -0.15) is 0 Å². The number of aliphatic carboxylic acids is 1. The van der Waals surface area contributed by atoms with Crippen LogP contribution in [0.1, 0.15) is 0 Å². The molecule has 0 aromatic carbocycles. The van der Waals surface area contributed by atoms with Crippen LogP contribution in [0.2, 0.25) is 0 Å². The summed E-state index contributed by atoms with van der Waals surface area (Å²) < 4.78 is 4.89.